The van der Waals surface area contributed by atoms with E-state index in [1.54, 1.807) is 30.5 Å². The maximum Gasteiger partial charge on any atom is 0.337 e. The molecule has 2 aromatic heterocycles. The van der Waals surface area contributed by atoms with Crippen molar-refractivity contribution < 1.29 is 22.7 Å². The maximum absolute atomic E-state index is 12.0. The standard InChI is InChI=1S/C30H31N5O5S2/c1-18-16-23(19(2)34(18)21-11-9-20(10-12-21)29(36)40-4)28-27(25-8-6-7-15-31-25)32-30(41)35(28)22-13-14-24(26(17-22)39-3)33-42(5,37)38/h6-17,27-28,33H,1-5H3,(H,32,41). The number of esters is 1. The topological polar surface area (TPSA) is 115 Å². The van der Waals surface area contributed by atoms with Crippen molar-refractivity contribution in [1.29, 1.82) is 0 Å². The van der Waals surface area contributed by atoms with Gasteiger partial charge in [-0.2, -0.15) is 0 Å². The lowest BCUT2D eigenvalue weighted by atomic mass is 9.96. The highest BCUT2D eigenvalue weighted by atomic mass is 32.2. The van der Waals surface area contributed by atoms with Crippen LogP contribution in [0.4, 0.5) is 11.4 Å². The van der Waals surface area contributed by atoms with E-state index < -0.39 is 16.0 Å². The van der Waals surface area contributed by atoms with Crippen LogP contribution >= 0.6 is 12.2 Å². The van der Waals surface area contributed by atoms with E-state index >= 15 is 0 Å². The Morgan fingerprint density at radius 1 is 1.02 bits per heavy atom. The minimum absolute atomic E-state index is 0.283. The molecule has 0 radical (unpaired) electrons. The van der Waals surface area contributed by atoms with Crippen LogP contribution in [-0.2, 0) is 14.8 Å². The van der Waals surface area contributed by atoms with Crippen LogP contribution < -0.4 is 19.7 Å². The second kappa shape index (κ2) is 11.5. The lowest BCUT2D eigenvalue weighted by molar-refractivity contribution is 0.0600. The zero-order valence-corrected chi connectivity index (χ0v) is 25.4. The van der Waals surface area contributed by atoms with Crippen molar-refractivity contribution in [3.8, 4) is 11.4 Å². The number of aryl methyl sites for hydroxylation is 1. The van der Waals surface area contributed by atoms with E-state index in [0.717, 1.165) is 40.3 Å². The Bertz CT molecular complexity index is 1750. The van der Waals surface area contributed by atoms with Crippen molar-refractivity contribution in [1.82, 2.24) is 14.9 Å². The molecule has 0 saturated carbocycles. The molecular weight excluding hydrogens is 574 g/mol. The van der Waals surface area contributed by atoms with E-state index in [-0.39, 0.29) is 12.1 Å². The van der Waals surface area contributed by atoms with Gasteiger partial charge in [0, 0.05) is 35.0 Å². The molecule has 218 valence electrons. The van der Waals surface area contributed by atoms with Gasteiger partial charge in [-0.15, -0.1) is 0 Å². The van der Waals surface area contributed by atoms with Crippen molar-refractivity contribution in [2.45, 2.75) is 25.9 Å². The largest absolute Gasteiger partial charge is 0.494 e. The normalized spacial score (nSPS) is 16.7. The average Bonchev–Trinajstić information content (AvgIpc) is 3.47. The molecule has 2 aromatic carbocycles. The molecule has 10 nitrogen and oxygen atoms in total. The predicted molar refractivity (Wildman–Crippen MR) is 166 cm³/mol. The number of benzene rings is 2. The number of ether oxygens (including phenoxy) is 2. The molecule has 42 heavy (non-hydrogen) atoms. The van der Waals surface area contributed by atoms with Gasteiger partial charge < -0.3 is 24.3 Å². The van der Waals surface area contributed by atoms with Crippen molar-refractivity contribution in [3.05, 3.63) is 101 Å². The van der Waals surface area contributed by atoms with Crippen LogP contribution in [0.5, 0.6) is 5.75 Å². The van der Waals surface area contributed by atoms with Crippen molar-refractivity contribution in [2.75, 3.05) is 30.1 Å². The van der Waals surface area contributed by atoms with Gasteiger partial charge in [-0.05, 0) is 86.2 Å². The van der Waals surface area contributed by atoms with Gasteiger partial charge in [0.1, 0.15) is 5.75 Å². The van der Waals surface area contributed by atoms with Gasteiger partial charge in [0.2, 0.25) is 10.0 Å². The number of thiocarbonyl (C=S) groups is 1. The Kier molecular flexibility index (Phi) is 7.93. The van der Waals surface area contributed by atoms with E-state index in [2.05, 4.69) is 25.7 Å². The number of methoxy groups -OCH3 is 2. The number of hydrogen-bond donors (Lipinski definition) is 2. The quantitative estimate of drug-likeness (QED) is 0.215. The van der Waals surface area contributed by atoms with Crippen LogP contribution in [0.1, 0.15) is 45.1 Å². The van der Waals surface area contributed by atoms with Gasteiger partial charge in [-0.25, -0.2) is 13.2 Å². The van der Waals surface area contributed by atoms with E-state index in [0.29, 0.717) is 22.1 Å². The molecule has 1 aliphatic heterocycles. The fourth-order valence-electron chi connectivity index (χ4n) is 5.41. The molecule has 2 atom stereocenters. The van der Waals surface area contributed by atoms with Crippen molar-refractivity contribution in [3.63, 3.8) is 0 Å². The van der Waals surface area contributed by atoms with Gasteiger partial charge in [0.25, 0.3) is 0 Å². The van der Waals surface area contributed by atoms with E-state index in [9.17, 15) is 13.2 Å². The number of anilines is 2. The Morgan fingerprint density at radius 2 is 1.74 bits per heavy atom. The minimum Gasteiger partial charge on any atom is -0.494 e. The first kappa shape index (κ1) is 29.1. The number of carbonyl (C=O) groups excluding carboxylic acids is 1. The first-order valence-electron chi connectivity index (χ1n) is 13.1. The number of nitrogens with zero attached hydrogens (tertiary/aromatic N) is 3. The molecule has 1 aliphatic rings. The molecule has 0 spiro atoms. The van der Waals surface area contributed by atoms with Crippen LogP contribution in [0.25, 0.3) is 5.69 Å². The SMILES string of the molecule is COC(=O)c1ccc(-n2c(C)cc(C3C(c4ccccn4)NC(=S)N3c3ccc(NS(C)(=O)=O)c(OC)c3)c2C)cc1. The van der Waals surface area contributed by atoms with Crippen molar-refractivity contribution >= 4 is 44.7 Å². The van der Waals surface area contributed by atoms with Crippen LogP contribution in [0.3, 0.4) is 0 Å². The summed E-state index contributed by atoms with van der Waals surface area (Å²) in [7, 11) is -0.667. The molecule has 5 rings (SSSR count). The first-order chi connectivity index (χ1) is 20.0. The monoisotopic (exact) mass is 605 g/mol. The summed E-state index contributed by atoms with van der Waals surface area (Å²) in [6.45, 7) is 4.07. The van der Waals surface area contributed by atoms with Gasteiger partial charge in [-0.1, -0.05) is 6.07 Å². The summed E-state index contributed by atoms with van der Waals surface area (Å²) >= 11 is 5.89. The summed E-state index contributed by atoms with van der Waals surface area (Å²) in [5.74, 6) is -0.0345. The summed E-state index contributed by atoms with van der Waals surface area (Å²) < 4.78 is 38.9. The predicted octanol–water partition coefficient (Wildman–Crippen LogP) is 4.83. The minimum atomic E-state index is -3.51. The Hall–Kier alpha value is -4.42. The van der Waals surface area contributed by atoms with Gasteiger partial charge in [-0.3, -0.25) is 9.71 Å². The molecule has 0 amide bonds. The van der Waals surface area contributed by atoms with Gasteiger partial charge >= 0.3 is 5.97 Å². The molecular formula is C30H31N5O5S2. The zero-order chi connectivity index (χ0) is 30.2. The number of nitrogens with one attached hydrogen (secondary N) is 2. The molecule has 0 bridgehead atoms. The Labute approximate surface area is 250 Å². The number of pyridine rings is 1. The second-order valence-electron chi connectivity index (χ2n) is 9.96. The van der Waals surface area contributed by atoms with Crippen molar-refractivity contribution in [2.24, 2.45) is 0 Å². The maximum atomic E-state index is 12.0. The van der Waals surface area contributed by atoms with E-state index in [1.807, 2.05) is 55.1 Å². The molecule has 0 aliphatic carbocycles. The van der Waals surface area contributed by atoms with Crippen LogP contribution in [-0.4, -0.2) is 49.5 Å². The number of carbonyl (C=O) groups is 1. The van der Waals surface area contributed by atoms with Gasteiger partial charge in [0.15, 0.2) is 5.11 Å². The number of sulfonamides is 1. The van der Waals surface area contributed by atoms with Gasteiger partial charge in [0.05, 0.1) is 49.5 Å². The average molecular weight is 606 g/mol. The lowest BCUT2D eigenvalue weighted by Gasteiger charge is -2.29. The Balaban J connectivity index is 1.63. The third-order valence-corrected chi connectivity index (χ3v) is 8.10. The summed E-state index contributed by atoms with van der Waals surface area (Å²) in [5, 5.41) is 3.96. The number of rotatable bonds is 8. The van der Waals surface area contributed by atoms with Crippen LogP contribution in [0, 0.1) is 13.8 Å². The molecule has 2 unspecified atom stereocenters. The Morgan fingerprint density at radius 3 is 2.36 bits per heavy atom. The number of aromatic nitrogens is 2. The van der Waals surface area contributed by atoms with E-state index in [4.69, 9.17) is 21.7 Å². The molecule has 4 aromatic rings. The molecule has 12 heteroatoms. The summed E-state index contributed by atoms with van der Waals surface area (Å²) in [5.41, 5.74) is 6.24. The highest BCUT2D eigenvalue weighted by Crippen LogP contribution is 2.45. The fourth-order valence-corrected chi connectivity index (χ4v) is 6.33. The highest BCUT2D eigenvalue weighted by Gasteiger charge is 2.42. The third kappa shape index (κ3) is 5.55. The third-order valence-electron chi connectivity index (χ3n) is 7.19. The van der Waals surface area contributed by atoms with E-state index in [1.165, 1.54) is 14.2 Å². The first-order valence-corrected chi connectivity index (χ1v) is 15.4. The van der Waals surface area contributed by atoms with Crippen LogP contribution in [0.15, 0.2) is 72.9 Å². The van der Waals surface area contributed by atoms with Crippen LogP contribution in [0.2, 0.25) is 0 Å². The second-order valence-corrected chi connectivity index (χ2v) is 12.1. The molecule has 3 heterocycles. The smallest absolute Gasteiger partial charge is 0.337 e. The summed E-state index contributed by atoms with van der Waals surface area (Å²) in [4.78, 5) is 18.6. The fraction of sp³-hybridized carbons (Fsp3) is 0.233. The zero-order valence-electron chi connectivity index (χ0n) is 23.8. The summed E-state index contributed by atoms with van der Waals surface area (Å²) in [6, 6.07) is 19.8. The molecule has 1 saturated heterocycles. The summed E-state index contributed by atoms with van der Waals surface area (Å²) in [6.07, 6.45) is 2.84. The lowest BCUT2D eigenvalue weighted by Crippen LogP contribution is -2.29. The molecule has 2 N–H and O–H groups in total. The highest BCUT2D eigenvalue weighted by molar-refractivity contribution is 7.92. The number of hydrogen-bond acceptors (Lipinski definition) is 7. The molecule has 1 fully saturated rings.